The zero-order chi connectivity index (χ0) is 19.0. The lowest BCUT2D eigenvalue weighted by Crippen LogP contribution is -2.23. The molecule has 1 aliphatic rings. The molecule has 9 heteroatoms. The molecule has 8 nitrogen and oxygen atoms in total. The summed E-state index contributed by atoms with van der Waals surface area (Å²) in [6, 6.07) is 3.07. The van der Waals surface area contributed by atoms with Crippen LogP contribution < -0.4 is 4.72 Å². The van der Waals surface area contributed by atoms with E-state index in [1.165, 1.54) is 12.5 Å². The van der Waals surface area contributed by atoms with E-state index in [1.807, 2.05) is 13.8 Å². The van der Waals surface area contributed by atoms with E-state index in [1.54, 1.807) is 6.07 Å². The van der Waals surface area contributed by atoms with Crippen molar-refractivity contribution in [3.63, 3.8) is 0 Å². The van der Waals surface area contributed by atoms with Gasteiger partial charge in [-0.15, -0.1) is 0 Å². The van der Waals surface area contributed by atoms with Gasteiger partial charge in [0.2, 0.25) is 5.09 Å². The molecule has 144 valence electrons. The van der Waals surface area contributed by atoms with Crippen molar-refractivity contribution in [1.29, 1.82) is 0 Å². The van der Waals surface area contributed by atoms with Crippen molar-refractivity contribution in [3.8, 4) is 11.5 Å². The Labute approximate surface area is 157 Å². The predicted octanol–water partition coefficient (Wildman–Crippen LogP) is 2.76. The molecule has 0 atom stereocenters. The van der Waals surface area contributed by atoms with Gasteiger partial charge in [-0.05, 0) is 57.2 Å². The monoisotopic (exact) mass is 389 g/mol. The van der Waals surface area contributed by atoms with Crippen LogP contribution in [0, 0.1) is 13.8 Å². The number of aromatic nitrogens is 4. The van der Waals surface area contributed by atoms with Crippen LogP contribution in [0.5, 0.6) is 0 Å². The fourth-order valence-corrected chi connectivity index (χ4v) is 4.34. The number of sulfonamides is 1. The summed E-state index contributed by atoms with van der Waals surface area (Å²) in [5, 5.41) is 14.3. The lowest BCUT2D eigenvalue weighted by molar-refractivity contribution is 0.454. The van der Waals surface area contributed by atoms with Crippen molar-refractivity contribution in [2.45, 2.75) is 57.6 Å². The molecule has 3 aromatic rings. The summed E-state index contributed by atoms with van der Waals surface area (Å²) < 4.78 is 33.4. The van der Waals surface area contributed by atoms with Gasteiger partial charge < -0.3 is 4.42 Å². The fourth-order valence-electron chi connectivity index (χ4n) is 3.42. The Morgan fingerprint density at radius 2 is 1.93 bits per heavy atom. The number of rotatable bonds is 5. The average molecular weight is 389 g/mol. The van der Waals surface area contributed by atoms with E-state index in [0.717, 1.165) is 53.9 Å². The summed E-state index contributed by atoms with van der Waals surface area (Å²) in [4.78, 5) is 0. The lowest BCUT2D eigenvalue weighted by atomic mass is 10.1. The number of aromatic amines is 2. The Kier molecular flexibility index (Phi) is 4.65. The molecular formula is C18H23N5O3S. The van der Waals surface area contributed by atoms with Crippen LogP contribution in [0.3, 0.4) is 0 Å². The smallest absolute Gasteiger partial charge is 0.274 e. The molecule has 0 aliphatic heterocycles. The highest BCUT2D eigenvalue weighted by molar-refractivity contribution is 7.89. The zero-order valence-corrected chi connectivity index (χ0v) is 16.2. The number of nitrogens with one attached hydrogen (secondary N) is 3. The molecule has 0 fully saturated rings. The predicted molar refractivity (Wildman–Crippen MR) is 99.6 cm³/mol. The molecule has 0 spiro atoms. The van der Waals surface area contributed by atoms with Crippen LogP contribution >= 0.6 is 0 Å². The molecule has 1 aliphatic carbocycles. The number of H-pyrrole nitrogens is 2. The van der Waals surface area contributed by atoms with Crippen LogP contribution in [0.2, 0.25) is 0 Å². The molecule has 3 aromatic heterocycles. The van der Waals surface area contributed by atoms with Crippen LogP contribution in [0.1, 0.15) is 47.5 Å². The number of furan rings is 1. The Morgan fingerprint density at radius 3 is 2.70 bits per heavy atom. The van der Waals surface area contributed by atoms with Crippen LogP contribution in [0.15, 0.2) is 21.6 Å². The average Bonchev–Trinajstić information content (AvgIpc) is 3.31. The highest BCUT2D eigenvalue weighted by atomic mass is 32.2. The quantitative estimate of drug-likeness (QED) is 0.580. The number of nitrogens with zero attached hydrogens (tertiary/aromatic N) is 2. The fraction of sp³-hybridized carbons (Fsp3) is 0.444. The molecule has 0 saturated heterocycles. The van der Waals surface area contributed by atoms with Crippen molar-refractivity contribution in [2.24, 2.45) is 0 Å². The molecule has 3 N–H and O–H groups in total. The summed E-state index contributed by atoms with van der Waals surface area (Å²) in [6.45, 7) is 3.96. The highest BCUT2D eigenvalue weighted by Crippen LogP contribution is 2.27. The maximum Gasteiger partial charge on any atom is 0.274 e. The van der Waals surface area contributed by atoms with Gasteiger partial charge in [-0.3, -0.25) is 10.2 Å². The van der Waals surface area contributed by atoms with Crippen molar-refractivity contribution < 1.29 is 12.8 Å². The second kappa shape index (κ2) is 6.97. The highest BCUT2D eigenvalue weighted by Gasteiger charge is 2.23. The molecule has 4 rings (SSSR count). The minimum Gasteiger partial charge on any atom is -0.442 e. The van der Waals surface area contributed by atoms with Crippen LogP contribution in [-0.2, 0) is 29.4 Å². The van der Waals surface area contributed by atoms with Gasteiger partial charge in [-0.1, -0.05) is 6.42 Å². The van der Waals surface area contributed by atoms with Gasteiger partial charge in [-0.25, -0.2) is 13.1 Å². The van der Waals surface area contributed by atoms with Crippen molar-refractivity contribution in [3.05, 3.63) is 40.3 Å². The third kappa shape index (κ3) is 3.44. The Morgan fingerprint density at radius 1 is 1.11 bits per heavy atom. The lowest BCUT2D eigenvalue weighted by Gasteiger charge is -2.05. The van der Waals surface area contributed by atoms with Gasteiger partial charge >= 0.3 is 0 Å². The van der Waals surface area contributed by atoms with E-state index in [-0.39, 0.29) is 11.6 Å². The van der Waals surface area contributed by atoms with Gasteiger partial charge in [0.05, 0.1) is 12.2 Å². The first-order valence-corrected chi connectivity index (χ1v) is 10.6. The molecule has 0 unspecified atom stereocenters. The van der Waals surface area contributed by atoms with Crippen LogP contribution in [-0.4, -0.2) is 28.8 Å². The third-order valence-electron chi connectivity index (χ3n) is 5.15. The molecule has 0 amide bonds. The van der Waals surface area contributed by atoms with E-state index < -0.39 is 10.0 Å². The molecule has 0 bridgehead atoms. The standard InChI is InChI=1S/C18H23N5O3S/c1-11-12(2)20-23-18(11)16-8-9-17(26-16)27(24,25)19-10-15-13-6-4-3-5-7-14(13)21-22-15/h8-9,19H,3-7,10H2,1-2H3,(H,20,23)(H,21,22). The van der Waals surface area contributed by atoms with E-state index in [2.05, 4.69) is 25.1 Å². The second-order valence-electron chi connectivity index (χ2n) is 6.95. The molecule has 0 saturated carbocycles. The number of hydrogen-bond acceptors (Lipinski definition) is 5. The largest absolute Gasteiger partial charge is 0.442 e. The number of fused-ring (bicyclic) bond motifs is 1. The van der Waals surface area contributed by atoms with E-state index in [9.17, 15) is 8.42 Å². The summed E-state index contributed by atoms with van der Waals surface area (Å²) >= 11 is 0. The summed E-state index contributed by atoms with van der Waals surface area (Å²) in [6.07, 6.45) is 5.34. The van der Waals surface area contributed by atoms with Crippen LogP contribution in [0.25, 0.3) is 11.5 Å². The second-order valence-corrected chi connectivity index (χ2v) is 8.65. The van der Waals surface area contributed by atoms with Crippen LogP contribution in [0.4, 0.5) is 0 Å². The van der Waals surface area contributed by atoms with Gasteiger partial charge in [0.1, 0.15) is 5.69 Å². The van der Waals surface area contributed by atoms with E-state index >= 15 is 0 Å². The topological polar surface area (TPSA) is 117 Å². The molecule has 0 aromatic carbocycles. The molecular weight excluding hydrogens is 366 g/mol. The van der Waals surface area contributed by atoms with Crippen molar-refractivity contribution >= 4 is 10.0 Å². The van der Waals surface area contributed by atoms with Gasteiger partial charge in [-0.2, -0.15) is 10.2 Å². The maximum absolute atomic E-state index is 12.6. The molecule has 27 heavy (non-hydrogen) atoms. The zero-order valence-electron chi connectivity index (χ0n) is 15.4. The summed E-state index contributed by atoms with van der Waals surface area (Å²) in [7, 11) is -3.77. The number of aryl methyl sites for hydroxylation is 2. The van der Waals surface area contributed by atoms with Crippen molar-refractivity contribution in [1.82, 2.24) is 25.1 Å². The number of hydrogen-bond donors (Lipinski definition) is 3. The van der Waals surface area contributed by atoms with Gasteiger partial charge in [0.15, 0.2) is 5.76 Å². The SMILES string of the molecule is Cc1[nH]nc(-c2ccc(S(=O)(=O)NCc3n[nH]c4c3CCCCC4)o2)c1C. The third-order valence-corrected chi connectivity index (χ3v) is 6.43. The Bertz CT molecular complexity index is 1060. The Hall–Kier alpha value is -2.39. The van der Waals surface area contributed by atoms with Gasteiger partial charge in [0, 0.05) is 17.0 Å². The first kappa shape index (κ1) is 18.0. The Balaban J connectivity index is 1.51. The van der Waals surface area contributed by atoms with E-state index in [0.29, 0.717) is 11.5 Å². The summed E-state index contributed by atoms with van der Waals surface area (Å²) in [5.74, 6) is 0.422. The minimum atomic E-state index is -3.77. The first-order valence-electron chi connectivity index (χ1n) is 9.12. The summed E-state index contributed by atoms with van der Waals surface area (Å²) in [5.41, 5.74) is 5.51. The van der Waals surface area contributed by atoms with E-state index in [4.69, 9.17) is 4.42 Å². The molecule has 0 radical (unpaired) electrons. The van der Waals surface area contributed by atoms with Gasteiger partial charge in [0.25, 0.3) is 10.0 Å². The molecule has 3 heterocycles. The normalized spacial score (nSPS) is 14.9. The maximum atomic E-state index is 12.6. The van der Waals surface area contributed by atoms with Crippen molar-refractivity contribution in [2.75, 3.05) is 0 Å². The first-order chi connectivity index (χ1) is 13.0. The minimum absolute atomic E-state index is 0.126.